The van der Waals surface area contributed by atoms with Gasteiger partial charge >= 0.3 is 12.0 Å². The molecule has 7 heteroatoms. The van der Waals surface area contributed by atoms with E-state index in [0.717, 1.165) is 6.42 Å². The second kappa shape index (κ2) is 6.29. The standard InChI is InChI=1S/C12H16N2O3S2/c1-8(5-9-3-2-4-19-9)13-12(17)14-7-18-6-10(14)11(15)16/h2-4,8,10H,5-7H2,1H3,(H,13,17)(H,15,16)/t8?,10-/m0/s1. The van der Waals surface area contributed by atoms with Crippen molar-refractivity contribution in [1.29, 1.82) is 0 Å². The first-order valence-corrected chi connectivity index (χ1v) is 8.01. The number of carboxylic acid groups (broad SMARTS) is 1. The molecule has 2 heterocycles. The summed E-state index contributed by atoms with van der Waals surface area (Å²) in [5, 5.41) is 13.9. The van der Waals surface area contributed by atoms with E-state index < -0.39 is 12.0 Å². The number of thiophene rings is 1. The smallest absolute Gasteiger partial charge is 0.327 e. The summed E-state index contributed by atoms with van der Waals surface area (Å²) in [6.07, 6.45) is 0.766. The predicted molar refractivity (Wildman–Crippen MR) is 76.6 cm³/mol. The Hall–Kier alpha value is -1.21. The molecule has 1 fully saturated rings. The first kappa shape index (κ1) is 14.2. The fraction of sp³-hybridized carbons (Fsp3) is 0.500. The molecule has 19 heavy (non-hydrogen) atoms. The summed E-state index contributed by atoms with van der Waals surface area (Å²) in [6.45, 7) is 1.93. The van der Waals surface area contributed by atoms with E-state index >= 15 is 0 Å². The molecule has 1 unspecified atom stereocenters. The minimum atomic E-state index is -0.939. The van der Waals surface area contributed by atoms with Crippen molar-refractivity contribution in [3.63, 3.8) is 0 Å². The van der Waals surface area contributed by atoms with Crippen LogP contribution in [-0.2, 0) is 11.2 Å². The molecule has 1 aliphatic rings. The number of urea groups is 1. The van der Waals surface area contributed by atoms with Crippen molar-refractivity contribution in [3.05, 3.63) is 22.4 Å². The second-order valence-electron chi connectivity index (χ2n) is 4.46. The highest BCUT2D eigenvalue weighted by atomic mass is 32.2. The Bertz CT molecular complexity index is 450. The molecule has 2 N–H and O–H groups in total. The SMILES string of the molecule is CC(Cc1cccs1)NC(=O)N1CSC[C@H]1C(=O)O. The zero-order chi connectivity index (χ0) is 13.8. The van der Waals surface area contributed by atoms with Crippen molar-refractivity contribution in [2.24, 2.45) is 0 Å². The van der Waals surface area contributed by atoms with E-state index in [2.05, 4.69) is 5.32 Å². The number of rotatable bonds is 4. The maximum absolute atomic E-state index is 12.0. The number of nitrogens with one attached hydrogen (secondary N) is 1. The third-order valence-electron chi connectivity index (χ3n) is 2.89. The Morgan fingerprint density at radius 1 is 1.63 bits per heavy atom. The van der Waals surface area contributed by atoms with Crippen LogP contribution in [0, 0.1) is 0 Å². The third-order valence-corrected chi connectivity index (χ3v) is 4.80. The number of hydrogen-bond donors (Lipinski definition) is 2. The number of carboxylic acids is 1. The summed E-state index contributed by atoms with van der Waals surface area (Å²) in [4.78, 5) is 25.7. The van der Waals surface area contributed by atoms with Crippen molar-refractivity contribution in [2.45, 2.75) is 25.4 Å². The highest BCUT2D eigenvalue weighted by molar-refractivity contribution is 7.99. The van der Waals surface area contributed by atoms with Crippen molar-refractivity contribution in [3.8, 4) is 0 Å². The first-order chi connectivity index (χ1) is 9.08. The Labute approximate surface area is 120 Å². The first-order valence-electron chi connectivity index (χ1n) is 5.98. The molecular formula is C12H16N2O3S2. The van der Waals surface area contributed by atoms with Crippen LogP contribution in [0.2, 0.25) is 0 Å². The zero-order valence-electron chi connectivity index (χ0n) is 10.5. The van der Waals surface area contributed by atoms with Crippen molar-refractivity contribution in [1.82, 2.24) is 10.2 Å². The molecule has 0 aliphatic carbocycles. The van der Waals surface area contributed by atoms with Crippen molar-refractivity contribution in [2.75, 3.05) is 11.6 Å². The normalized spacial score (nSPS) is 20.3. The number of carbonyl (C=O) groups excluding carboxylic acids is 1. The van der Waals surface area contributed by atoms with Crippen molar-refractivity contribution >= 4 is 35.1 Å². The van der Waals surface area contributed by atoms with Crippen LogP contribution in [0.3, 0.4) is 0 Å². The van der Waals surface area contributed by atoms with E-state index in [0.29, 0.717) is 11.6 Å². The Kier molecular flexibility index (Phi) is 4.71. The predicted octanol–water partition coefficient (Wildman–Crippen LogP) is 1.85. The minimum absolute atomic E-state index is 0.00815. The average Bonchev–Trinajstić information content (AvgIpc) is 2.97. The van der Waals surface area contributed by atoms with Crippen molar-refractivity contribution < 1.29 is 14.7 Å². The molecule has 5 nitrogen and oxygen atoms in total. The molecule has 0 saturated carbocycles. The summed E-state index contributed by atoms with van der Waals surface area (Å²) in [5.74, 6) is -0.0394. The molecule has 0 bridgehead atoms. The van der Waals surface area contributed by atoms with Gasteiger partial charge in [0.2, 0.25) is 0 Å². The van der Waals surface area contributed by atoms with Gasteiger partial charge in [0.05, 0.1) is 5.88 Å². The molecule has 1 aromatic rings. The van der Waals surface area contributed by atoms with Gasteiger partial charge < -0.3 is 15.3 Å². The van der Waals surface area contributed by atoms with E-state index in [1.54, 1.807) is 11.3 Å². The maximum Gasteiger partial charge on any atom is 0.327 e. The van der Waals surface area contributed by atoms with Crippen LogP contribution < -0.4 is 5.32 Å². The van der Waals surface area contributed by atoms with E-state index in [9.17, 15) is 9.59 Å². The second-order valence-corrected chi connectivity index (χ2v) is 6.49. The Morgan fingerprint density at radius 3 is 3.05 bits per heavy atom. The van der Waals surface area contributed by atoms with Gasteiger partial charge in [0.25, 0.3) is 0 Å². The van der Waals surface area contributed by atoms with Gasteiger partial charge in [-0.2, -0.15) is 0 Å². The van der Waals surface area contributed by atoms with Gasteiger partial charge in [-0.1, -0.05) is 6.07 Å². The number of thioether (sulfide) groups is 1. The molecule has 1 aliphatic heterocycles. The number of aliphatic carboxylic acids is 1. The minimum Gasteiger partial charge on any atom is -0.480 e. The molecule has 1 saturated heterocycles. The quantitative estimate of drug-likeness (QED) is 0.890. The van der Waals surface area contributed by atoms with Gasteiger partial charge in [0.15, 0.2) is 0 Å². The maximum atomic E-state index is 12.0. The van der Waals surface area contributed by atoms with E-state index in [1.165, 1.54) is 21.5 Å². The number of carbonyl (C=O) groups is 2. The van der Waals surface area contributed by atoms with Gasteiger partial charge in [-0.3, -0.25) is 0 Å². The van der Waals surface area contributed by atoms with Gasteiger partial charge in [-0.15, -0.1) is 23.1 Å². The molecule has 0 radical (unpaired) electrons. The lowest BCUT2D eigenvalue weighted by atomic mass is 10.2. The van der Waals surface area contributed by atoms with Crippen LogP contribution in [0.1, 0.15) is 11.8 Å². The topological polar surface area (TPSA) is 69.6 Å². The highest BCUT2D eigenvalue weighted by Crippen LogP contribution is 2.21. The van der Waals surface area contributed by atoms with Gasteiger partial charge in [0, 0.05) is 23.1 Å². The molecule has 0 aromatic carbocycles. The van der Waals surface area contributed by atoms with E-state index in [4.69, 9.17) is 5.11 Å². The lowest BCUT2D eigenvalue weighted by molar-refractivity contribution is -0.140. The number of nitrogens with zero attached hydrogens (tertiary/aromatic N) is 1. The molecule has 2 atom stereocenters. The van der Waals surface area contributed by atoms with Gasteiger partial charge in [-0.25, -0.2) is 9.59 Å². The summed E-state index contributed by atoms with van der Waals surface area (Å²) < 4.78 is 0. The zero-order valence-corrected chi connectivity index (χ0v) is 12.2. The fourth-order valence-corrected chi connectivity index (χ4v) is 3.90. The highest BCUT2D eigenvalue weighted by Gasteiger charge is 2.34. The van der Waals surface area contributed by atoms with Crippen LogP contribution in [-0.4, -0.2) is 45.7 Å². The average molecular weight is 300 g/mol. The number of hydrogen-bond acceptors (Lipinski definition) is 4. The molecule has 2 rings (SSSR count). The van der Waals surface area contributed by atoms with Gasteiger partial charge in [0.1, 0.15) is 6.04 Å². The lowest BCUT2D eigenvalue weighted by Crippen LogP contribution is -2.49. The van der Waals surface area contributed by atoms with Crippen LogP contribution in [0.5, 0.6) is 0 Å². The lowest BCUT2D eigenvalue weighted by Gasteiger charge is -2.23. The third kappa shape index (κ3) is 3.63. The number of amides is 2. The summed E-state index contributed by atoms with van der Waals surface area (Å²) in [6, 6.07) is 3.00. The largest absolute Gasteiger partial charge is 0.480 e. The fourth-order valence-electron chi connectivity index (χ4n) is 1.92. The van der Waals surface area contributed by atoms with E-state index in [-0.39, 0.29) is 12.1 Å². The van der Waals surface area contributed by atoms with Crippen LogP contribution in [0.15, 0.2) is 17.5 Å². The molecular weight excluding hydrogens is 284 g/mol. The summed E-state index contributed by atoms with van der Waals surface area (Å²) in [7, 11) is 0. The molecule has 2 amide bonds. The monoisotopic (exact) mass is 300 g/mol. The summed E-state index contributed by atoms with van der Waals surface area (Å²) >= 11 is 3.12. The molecule has 1 aromatic heterocycles. The molecule has 104 valence electrons. The Morgan fingerprint density at radius 2 is 2.42 bits per heavy atom. The van der Waals surface area contributed by atoms with E-state index in [1.807, 2.05) is 24.4 Å². The van der Waals surface area contributed by atoms with Crippen LogP contribution >= 0.6 is 23.1 Å². The van der Waals surface area contributed by atoms with Crippen LogP contribution in [0.25, 0.3) is 0 Å². The molecule has 0 spiro atoms. The van der Waals surface area contributed by atoms with Crippen LogP contribution in [0.4, 0.5) is 4.79 Å². The summed E-state index contributed by atoms with van der Waals surface area (Å²) in [5.41, 5.74) is 0. The Balaban J connectivity index is 1.88. The van der Waals surface area contributed by atoms with Gasteiger partial charge in [-0.05, 0) is 18.4 Å².